The fraction of sp³-hybridized carbons (Fsp3) is 0.300. The number of unbranched alkanes of at least 4 members (excludes halogenated alkanes) is 1. The molecule has 1 aromatic heterocycles. The Morgan fingerprint density at radius 2 is 1.83 bits per heavy atom. The summed E-state index contributed by atoms with van der Waals surface area (Å²) >= 11 is 6.03. The third-order valence-corrected chi connectivity index (χ3v) is 6.03. The van der Waals surface area contributed by atoms with Crippen LogP contribution >= 0.6 is 11.6 Å². The Labute approximate surface area is 173 Å². The Kier molecular flexibility index (Phi) is 6.26. The summed E-state index contributed by atoms with van der Waals surface area (Å²) in [5.74, 6) is 0. The predicted octanol–water partition coefficient (Wildman–Crippen LogP) is 2.96. The topological polar surface area (TPSA) is 115 Å². The number of hydrogen-bond acceptors (Lipinski definition) is 4. The fourth-order valence-electron chi connectivity index (χ4n) is 3.38. The number of aromatic nitrogens is 2. The standard InChI is InChI=1S/C20H22ClN3O4S/c1-2-3-4-15(11-13-5-8-16(9-6-13)29(22,27)28)24-19(25)17-12-14(21)7-10-18(17)23-20(24)26/h5-10,12,15H,2-4,11H2,1H3,(H,23,26)(H2,22,27,28). The molecule has 0 aliphatic rings. The average molecular weight is 436 g/mol. The van der Waals surface area contributed by atoms with Gasteiger partial charge >= 0.3 is 5.69 Å². The minimum absolute atomic E-state index is 0.0155. The third kappa shape index (κ3) is 4.77. The molecule has 0 bridgehead atoms. The number of halogens is 1. The van der Waals surface area contributed by atoms with Crippen molar-refractivity contribution < 1.29 is 8.42 Å². The number of benzene rings is 2. The zero-order chi connectivity index (χ0) is 21.2. The van der Waals surface area contributed by atoms with Crippen LogP contribution in [0.3, 0.4) is 0 Å². The fourth-order valence-corrected chi connectivity index (χ4v) is 4.07. The van der Waals surface area contributed by atoms with E-state index in [0.29, 0.717) is 28.8 Å². The summed E-state index contributed by atoms with van der Waals surface area (Å²) in [6.45, 7) is 2.03. The molecular weight excluding hydrogens is 414 g/mol. The molecule has 3 N–H and O–H groups in total. The van der Waals surface area contributed by atoms with Crippen molar-refractivity contribution >= 4 is 32.5 Å². The van der Waals surface area contributed by atoms with E-state index in [1.54, 1.807) is 30.3 Å². The molecule has 3 rings (SSSR count). The minimum Gasteiger partial charge on any atom is -0.307 e. The molecule has 7 nitrogen and oxygen atoms in total. The number of aromatic amines is 1. The molecule has 29 heavy (non-hydrogen) atoms. The van der Waals surface area contributed by atoms with Crippen LogP contribution in [0.15, 0.2) is 56.9 Å². The monoisotopic (exact) mass is 435 g/mol. The molecule has 1 unspecified atom stereocenters. The minimum atomic E-state index is -3.78. The summed E-state index contributed by atoms with van der Waals surface area (Å²) < 4.78 is 24.1. The maximum Gasteiger partial charge on any atom is 0.329 e. The van der Waals surface area contributed by atoms with Crippen molar-refractivity contribution in [2.75, 3.05) is 0 Å². The van der Waals surface area contributed by atoms with Crippen LogP contribution in [-0.2, 0) is 16.4 Å². The van der Waals surface area contributed by atoms with E-state index in [2.05, 4.69) is 4.98 Å². The number of H-pyrrole nitrogens is 1. The van der Waals surface area contributed by atoms with Crippen LogP contribution in [0.4, 0.5) is 0 Å². The number of rotatable bonds is 7. The highest BCUT2D eigenvalue weighted by Gasteiger charge is 2.19. The number of nitrogens with two attached hydrogens (primary N) is 1. The molecule has 9 heteroatoms. The maximum absolute atomic E-state index is 13.1. The van der Waals surface area contributed by atoms with E-state index in [1.165, 1.54) is 16.7 Å². The van der Waals surface area contributed by atoms with Gasteiger partial charge in [0.25, 0.3) is 5.56 Å². The summed E-state index contributed by atoms with van der Waals surface area (Å²) in [4.78, 5) is 28.5. The molecule has 3 aromatic rings. The molecule has 0 aliphatic heterocycles. The van der Waals surface area contributed by atoms with Gasteiger partial charge in [0.05, 0.1) is 15.8 Å². The van der Waals surface area contributed by atoms with Crippen molar-refractivity contribution in [3.63, 3.8) is 0 Å². The van der Waals surface area contributed by atoms with Crippen molar-refractivity contribution in [1.82, 2.24) is 9.55 Å². The highest BCUT2D eigenvalue weighted by atomic mass is 35.5. The number of hydrogen-bond donors (Lipinski definition) is 2. The Hall–Kier alpha value is -2.42. The van der Waals surface area contributed by atoms with E-state index in [0.717, 1.165) is 18.4 Å². The molecule has 1 heterocycles. The number of nitrogens with zero attached hydrogens (tertiary/aromatic N) is 1. The lowest BCUT2D eigenvalue weighted by Gasteiger charge is -2.19. The number of primary sulfonamides is 1. The predicted molar refractivity (Wildman–Crippen MR) is 114 cm³/mol. The molecule has 0 saturated carbocycles. The zero-order valence-electron chi connectivity index (χ0n) is 15.9. The summed E-state index contributed by atoms with van der Waals surface area (Å²) in [6.07, 6.45) is 2.77. The average Bonchev–Trinajstić information content (AvgIpc) is 2.66. The van der Waals surface area contributed by atoms with Crippen LogP contribution in [0.5, 0.6) is 0 Å². The highest BCUT2D eigenvalue weighted by Crippen LogP contribution is 2.21. The van der Waals surface area contributed by atoms with Gasteiger partial charge in [-0.3, -0.25) is 9.36 Å². The van der Waals surface area contributed by atoms with E-state index < -0.39 is 21.3 Å². The highest BCUT2D eigenvalue weighted by molar-refractivity contribution is 7.89. The van der Waals surface area contributed by atoms with Crippen molar-refractivity contribution in [3.05, 3.63) is 73.9 Å². The maximum atomic E-state index is 13.1. The molecule has 0 saturated heterocycles. The summed E-state index contributed by atoms with van der Waals surface area (Å²) in [7, 11) is -3.78. The van der Waals surface area contributed by atoms with Gasteiger partial charge in [-0.15, -0.1) is 0 Å². The van der Waals surface area contributed by atoms with E-state index in [-0.39, 0.29) is 10.9 Å². The van der Waals surface area contributed by atoms with Gasteiger partial charge in [-0.1, -0.05) is 43.5 Å². The first-order valence-electron chi connectivity index (χ1n) is 9.26. The van der Waals surface area contributed by atoms with Crippen molar-refractivity contribution in [3.8, 4) is 0 Å². The van der Waals surface area contributed by atoms with Gasteiger partial charge in [0, 0.05) is 11.1 Å². The van der Waals surface area contributed by atoms with Gasteiger partial charge in [-0.2, -0.15) is 0 Å². The van der Waals surface area contributed by atoms with Crippen molar-refractivity contribution in [2.24, 2.45) is 5.14 Å². The Morgan fingerprint density at radius 1 is 1.14 bits per heavy atom. The lowest BCUT2D eigenvalue weighted by atomic mass is 10.0. The molecule has 154 valence electrons. The second-order valence-electron chi connectivity index (χ2n) is 6.98. The Balaban J connectivity index is 2.05. The van der Waals surface area contributed by atoms with Gasteiger partial charge < -0.3 is 4.98 Å². The van der Waals surface area contributed by atoms with E-state index in [1.807, 2.05) is 6.92 Å². The summed E-state index contributed by atoms with van der Waals surface area (Å²) in [5.41, 5.74) is 0.365. The normalized spacial score (nSPS) is 12.9. The molecular formula is C20H22ClN3O4S. The van der Waals surface area contributed by atoms with Gasteiger partial charge in [0.1, 0.15) is 0 Å². The van der Waals surface area contributed by atoms with Crippen molar-refractivity contribution in [1.29, 1.82) is 0 Å². The molecule has 0 aliphatic carbocycles. The Bertz CT molecular complexity index is 1250. The smallest absolute Gasteiger partial charge is 0.307 e. The number of fused-ring (bicyclic) bond motifs is 1. The van der Waals surface area contributed by atoms with Crippen LogP contribution in [-0.4, -0.2) is 18.0 Å². The van der Waals surface area contributed by atoms with E-state index >= 15 is 0 Å². The number of sulfonamides is 1. The first-order chi connectivity index (χ1) is 13.7. The van der Waals surface area contributed by atoms with Crippen molar-refractivity contribution in [2.45, 2.75) is 43.5 Å². The lowest BCUT2D eigenvalue weighted by molar-refractivity contribution is 0.421. The third-order valence-electron chi connectivity index (χ3n) is 4.87. The van der Waals surface area contributed by atoms with Crippen LogP contribution in [0, 0.1) is 0 Å². The van der Waals surface area contributed by atoms with E-state index in [4.69, 9.17) is 16.7 Å². The van der Waals surface area contributed by atoms with Crippen LogP contribution < -0.4 is 16.4 Å². The first-order valence-corrected chi connectivity index (χ1v) is 11.2. The first kappa shape index (κ1) is 21.3. The van der Waals surface area contributed by atoms with Gasteiger partial charge in [-0.05, 0) is 48.7 Å². The largest absolute Gasteiger partial charge is 0.329 e. The Morgan fingerprint density at radius 3 is 2.45 bits per heavy atom. The summed E-state index contributed by atoms with van der Waals surface area (Å²) in [6, 6.07) is 10.5. The lowest BCUT2D eigenvalue weighted by Crippen LogP contribution is -2.39. The van der Waals surface area contributed by atoms with Gasteiger partial charge in [0.2, 0.25) is 10.0 Å². The van der Waals surface area contributed by atoms with Crippen LogP contribution in [0.25, 0.3) is 10.9 Å². The second kappa shape index (κ2) is 8.52. The zero-order valence-corrected chi connectivity index (χ0v) is 17.5. The van der Waals surface area contributed by atoms with E-state index in [9.17, 15) is 18.0 Å². The van der Waals surface area contributed by atoms with Gasteiger partial charge in [-0.25, -0.2) is 18.4 Å². The SMILES string of the molecule is CCCCC(Cc1ccc(S(N)(=O)=O)cc1)n1c(=O)[nH]c2ccc(Cl)cc2c1=O. The molecule has 0 spiro atoms. The molecule has 2 aromatic carbocycles. The number of nitrogens with one attached hydrogen (secondary N) is 1. The summed E-state index contributed by atoms with van der Waals surface area (Å²) in [5, 5.41) is 5.90. The molecule has 0 radical (unpaired) electrons. The molecule has 0 fully saturated rings. The second-order valence-corrected chi connectivity index (χ2v) is 8.98. The van der Waals surface area contributed by atoms with Crippen LogP contribution in [0.1, 0.15) is 37.8 Å². The quantitative estimate of drug-likeness (QED) is 0.593. The van der Waals surface area contributed by atoms with Crippen LogP contribution in [0.2, 0.25) is 5.02 Å². The molecule has 0 amide bonds. The molecule has 1 atom stereocenters. The van der Waals surface area contributed by atoms with Gasteiger partial charge in [0.15, 0.2) is 0 Å².